The molecule has 0 saturated carbocycles. The van der Waals surface area contributed by atoms with Gasteiger partial charge in [0.05, 0.1) is 17.4 Å². The Morgan fingerprint density at radius 2 is 2.30 bits per heavy atom. The van der Waals surface area contributed by atoms with Crippen LogP contribution in [0.15, 0.2) is 36.8 Å². The van der Waals surface area contributed by atoms with Crippen LogP contribution in [-0.2, 0) is 6.42 Å². The van der Waals surface area contributed by atoms with Gasteiger partial charge in [-0.15, -0.1) is 0 Å². The highest BCUT2D eigenvalue weighted by molar-refractivity contribution is 5.97. The van der Waals surface area contributed by atoms with Gasteiger partial charge in [-0.1, -0.05) is 0 Å². The molecule has 2 aromatic heterocycles. The Kier molecular flexibility index (Phi) is 3.57. The highest BCUT2D eigenvalue weighted by atomic mass is 16.2. The number of aromatic amines is 2. The third-order valence-electron chi connectivity index (χ3n) is 4.54. The van der Waals surface area contributed by atoms with Crippen LogP contribution in [0.4, 0.5) is 0 Å². The number of aromatic nitrogens is 4. The highest BCUT2D eigenvalue weighted by Gasteiger charge is 2.25. The van der Waals surface area contributed by atoms with Crippen molar-refractivity contribution in [3.05, 3.63) is 48.0 Å². The van der Waals surface area contributed by atoms with Gasteiger partial charge in [-0.25, -0.2) is 4.98 Å². The van der Waals surface area contributed by atoms with Gasteiger partial charge in [-0.05, 0) is 49.4 Å². The number of fused-ring (bicyclic) bond motifs is 1. The number of piperidine rings is 1. The van der Waals surface area contributed by atoms with E-state index in [1.54, 1.807) is 12.5 Å². The standard InChI is InChI=1S/C17H19N5O/c23-17(13-3-4-15-16(9-13)19-11-18-15)22-7-1-2-12(10-22)8-14-5-6-20-21-14/h3-6,9,11-12H,1-2,7-8,10H2,(H,18,19)(H,20,21)/t12-/m0/s1. The fraction of sp³-hybridized carbons (Fsp3) is 0.353. The van der Waals surface area contributed by atoms with E-state index in [2.05, 4.69) is 20.2 Å². The molecule has 1 amide bonds. The fourth-order valence-electron chi connectivity index (χ4n) is 3.38. The van der Waals surface area contributed by atoms with Gasteiger partial charge < -0.3 is 9.88 Å². The number of H-pyrrole nitrogens is 2. The van der Waals surface area contributed by atoms with Crippen LogP contribution < -0.4 is 0 Å². The Morgan fingerprint density at radius 1 is 1.35 bits per heavy atom. The molecule has 1 aliphatic heterocycles. The van der Waals surface area contributed by atoms with E-state index in [1.807, 2.05) is 29.2 Å². The van der Waals surface area contributed by atoms with Crippen molar-refractivity contribution < 1.29 is 4.79 Å². The average Bonchev–Trinajstić information content (AvgIpc) is 3.25. The van der Waals surface area contributed by atoms with E-state index in [0.29, 0.717) is 5.92 Å². The molecular formula is C17H19N5O. The Hall–Kier alpha value is -2.63. The normalized spacial score (nSPS) is 18.4. The second kappa shape index (κ2) is 5.87. The maximum absolute atomic E-state index is 12.8. The number of imidazole rings is 1. The summed E-state index contributed by atoms with van der Waals surface area (Å²) in [5.74, 6) is 0.597. The van der Waals surface area contributed by atoms with Gasteiger partial charge in [0.15, 0.2) is 0 Å². The third kappa shape index (κ3) is 2.84. The zero-order valence-electron chi connectivity index (χ0n) is 12.8. The number of nitrogens with zero attached hydrogens (tertiary/aromatic N) is 3. The van der Waals surface area contributed by atoms with E-state index in [-0.39, 0.29) is 5.91 Å². The van der Waals surface area contributed by atoms with Gasteiger partial charge in [-0.2, -0.15) is 5.10 Å². The highest BCUT2D eigenvalue weighted by Crippen LogP contribution is 2.22. The minimum absolute atomic E-state index is 0.107. The van der Waals surface area contributed by atoms with Crippen LogP contribution in [0.2, 0.25) is 0 Å². The summed E-state index contributed by atoms with van der Waals surface area (Å²) in [5.41, 5.74) is 3.66. The fourth-order valence-corrected chi connectivity index (χ4v) is 3.38. The predicted octanol–water partition coefficient (Wildman–Crippen LogP) is 2.38. The molecule has 0 aliphatic carbocycles. The summed E-state index contributed by atoms with van der Waals surface area (Å²) in [6.45, 7) is 1.64. The van der Waals surface area contributed by atoms with Crippen molar-refractivity contribution in [2.24, 2.45) is 5.92 Å². The summed E-state index contributed by atoms with van der Waals surface area (Å²) >= 11 is 0. The summed E-state index contributed by atoms with van der Waals surface area (Å²) in [5, 5.41) is 7.01. The zero-order valence-corrected chi connectivity index (χ0v) is 12.8. The smallest absolute Gasteiger partial charge is 0.253 e. The Bertz CT molecular complexity index is 807. The van der Waals surface area contributed by atoms with Gasteiger partial charge in [0.25, 0.3) is 5.91 Å². The maximum Gasteiger partial charge on any atom is 0.253 e. The SMILES string of the molecule is O=C(c1ccc2nc[nH]c2c1)N1CCC[C@@H](Cc2ccn[nH]2)C1. The van der Waals surface area contributed by atoms with Gasteiger partial charge in [0.2, 0.25) is 0 Å². The number of hydrogen-bond donors (Lipinski definition) is 2. The minimum atomic E-state index is 0.107. The first kappa shape index (κ1) is 14.0. The summed E-state index contributed by atoms with van der Waals surface area (Å²) in [6.07, 6.45) is 6.59. The first-order valence-electron chi connectivity index (χ1n) is 8.00. The van der Waals surface area contributed by atoms with Crippen molar-refractivity contribution in [3.63, 3.8) is 0 Å². The summed E-state index contributed by atoms with van der Waals surface area (Å²) in [7, 11) is 0. The molecule has 1 atom stereocenters. The molecule has 6 nitrogen and oxygen atoms in total. The predicted molar refractivity (Wildman–Crippen MR) is 87.0 cm³/mol. The van der Waals surface area contributed by atoms with Gasteiger partial charge in [0.1, 0.15) is 0 Å². The number of carbonyl (C=O) groups is 1. The molecule has 1 aliphatic rings. The maximum atomic E-state index is 12.8. The largest absolute Gasteiger partial charge is 0.345 e. The number of nitrogens with one attached hydrogen (secondary N) is 2. The molecule has 0 spiro atoms. The molecule has 118 valence electrons. The molecule has 1 saturated heterocycles. The Balaban J connectivity index is 1.48. The van der Waals surface area contributed by atoms with Crippen LogP contribution in [0.1, 0.15) is 28.9 Å². The van der Waals surface area contributed by atoms with Gasteiger partial charge in [-0.3, -0.25) is 9.89 Å². The topological polar surface area (TPSA) is 77.7 Å². The van der Waals surface area contributed by atoms with Gasteiger partial charge >= 0.3 is 0 Å². The molecule has 4 rings (SSSR count). The lowest BCUT2D eigenvalue weighted by molar-refractivity contribution is 0.0673. The lowest BCUT2D eigenvalue weighted by Gasteiger charge is -2.32. The quantitative estimate of drug-likeness (QED) is 0.780. The van der Waals surface area contributed by atoms with Crippen molar-refractivity contribution in [3.8, 4) is 0 Å². The zero-order chi connectivity index (χ0) is 15.6. The number of likely N-dealkylation sites (tertiary alicyclic amines) is 1. The number of rotatable bonds is 3. The lowest BCUT2D eigenvalue weighted by atomic mass is 9.93. The lowest BCUT2D eigenvalue weighted by Crippen LogP contribution is -2.40. The molecule has 1 fully saturated rings. The van der Waals surface area contributed by atoms with Crippen LogP contribution in [0, 0.1) is 5.92 Å². The van der Waals surface area contributed by atoms with Crippen LogP contribution in [0.25, 0.3) is 11.0 Å². The molecule has 1 aromatic carbocycles. The second-order valence-corrected chi connectivity index (χ2v) is 6.18. The van der Waals surface area contributed by atoms with Gasteiger partial charge in [0, 0.05) is 30.5 Å². The Labute approximate surface area is 133 Å². The number of carbonyl (C=O) groups excluding carboxylic acids is 1. The number of amides is 1. The van der Waals surface area contributed by atoms with Crippen molar-refractivity contribution >= 4 is 16.9 Å². The van der Waals surface area contributed by atoms with Crippen LogP contribution in [0.3, 0.4) is 0 Å². The molecule has 0 bridgehead atoms. The van der Waals surface area contributed by atoms with E-state index in [4.69, 9.17) is 0 Å². The summed E-state index contributed by atoms with van der Waals surface area (Å²) in [4.78, 5) is 22.0. The monoisotopic (exact) mass is 309 g/mol. The van der Waals surface area contributed by atoms with E-state index >= 15 is 0 Å². The van der Waals surface area contributed by atoms with Crippen LogP contribution in [-0.4, -0.2) is 44.1 Å². The molecule has 3 heterocycles. The molecule has 0 radical (unpaired) electrons. The van der Waals surface area contributed by atoms with Crippen LogP contribution >= 0.6 is 0 Å². The van der Waals surface area contributed by atoms with Crippen molar-refractivity contribution in [1.29, 1.82) is 0 Å². The molecule has 0 unspecified atom stereocenters. The number of benzene rings is 1. The molecular weight excluding hydrogens is 290 g/mol. The molecule has 23 heavy (non-hydrogen) atoms. The summed E-state index contributed by atoms with van der Waals surface area (Å²) in [6, 6.07) is 7.66. The summed E-state index contributed by atoms with van der Waals surface area (Å²) < 4.78 is 0. The van der Waals surface area contributed by atoms with E-state index < -0.39 is 0 Å². The third-order valence-corrected chi connectivity index (χ3v) is 4.54. The average molecular weight is 309 g/mol. The molecule has 3 aromatic rings. The minimum Gasteiger partial charge on any atom is -0.345 e. The molecule has 2 N–H and O–H groups in total. The number of hydrogen-bond acceptors (Lipinski definition) is 3. The first-order valence-corrected chi connectivity index (χ1v) is 8.00. The van der Waals surface area contributed by atoms with Crippen molar-refractivity contribution in [2.45, 2.75) is 19.3 Å². The van der Waals surface area contributed by atoms with E-state index in [0.717, 1.165) is 54.6 Å². The van der Waals surface area contributed by atoms with E-state index in [1.165, 1.54) is 0 Å². The second-order valence-electron chi connectivity index (χ2n) is 6.18. The van der Waals surface area contributed by atoms with E-state index in [9.17, 15) is 4.79 Å². The molecule has 6 heteroatoms. The Morgan fingerprint density at radius 3 is 3.17 bits per heavy atom. The van der Waals surface area contributed by atoms with Crippen molar-refractivity contribution in [2.75, 3.05) is 13.1 Å². The van der Waals surface area contributed by atoms with Crippen LogP contribution in [0.5, 0.6) is 0 Å². The van der Waals surface area contributed by atoms with Crippen molar-refractivity contribution in [1.82, 2.24) is 25.1 Å². The first-order chi connectivity index (χ1) is 11.3.